The van der Waals surface area contributed by atoms with E-state index in [4.69, 9.17) is 9.72 Å². The van der Waals surface area contributed by atoms with Crippen LogP contribution in [0, 0.1) is 6.92 Å². The van der Waals surface area contributed by atoms with Gasteiger partial charge >= 0.3 is 0 Å². The van der Waals surface area contributed by atoms with E-state index in [1.807, 2.05) is 41.3 Å². The second-order valence-electron chi connectivity index (χ2n) is 6.71. The summed E-state index contributed by atoms with van der Waals surface area (Å²) in [6.45, 7) is 3.43. The first-order valence-electron chi connectivity index (χ1n) is 9.16. The van der Waals surface area contributed by atoms with Crippen molar-refractivity contribution in [3.05, 3.63) is 54.1 Å². The summed E-state index contributed by atoms with van der Waals surface area (Å²) in [5, 5.41) is 0.768. The third-order valence-corrected chi connectivity index (χ3v) is 6.62. The van der Waals surface area contributed by atoms with Gasteiger partial charge in [0.05, 0.1) is 28.6 Å². The molecule has 0 N–H and O–H groups in total. The number of fused-ring (bicyclic) bond motifs is 1. The van der Waals surface area contributed by atoms with Crippen molar-refractivity contribution < 1.29 is 9.53 Å². The first-order chi connectivity index (χ1) is 13.2. The van der Waals surface area contributed by atoms with Gasteiger partial charge in [0, 0.05) is 11.5 Å². The molecule has 1 unspecified atom stereocenters. The fourth-order valence-corrected chi connectivity index (χ4v) is 5.04. The number of aromatic nitrogens is 1. The number of carbonyl (C=O) groups excluding carboxylic acids is 1. The highest BCUT2D eigenvalue weighted by molar-refractivity contribution is 8.00. The fourth-order valence-electron chi connectivity index (χ4n) is 3.15. The number of thioether (sulfide) groups is 1. The maximum atomic E-state index is 13.1. The summed E-state index contributed by atoms with van der Waals surface area (Å²) in [6.07, 6.45) is 2.16. The zero-order chi connectivity index (χ0) is 18.6. The molecule has 1 aromatic heterocycles. The molecule has 1 saturated heterocycles. The highest BCUT2D eigenvalue weighted by Gasteiger charge is 2.26. The summed E-state index contributed by atoms with van der Waals surface area (Å²) in [5.74, 6) is 0.473. The Bertz CT molecular complexity index is 920. The number of anilines is 1. The lowest BCUT2D eigenvalue weighted by atomic mass is 10.2. The molecule has 6 heteroatoms. The van der Waals surface area contributed by atoms with Crippen molar-refractivity contribution in [3.63, 3.8) is 0 Å². The highest BCUT2D eigenvalue weighted by Crippen LogP contribution is 2.31. The van der Waals surface area contributed by atoms with Gasteiger partial charge in [0.2, 0.25) is 5.91 Å². The van der Waals surface area contributed by atoms with Crippen LogP contribution in [0.4, 0.5) is 5.13 Å². The average Bonchev–Trinajstić information content (AvgIpc) is 3.34. The van der Waals surface area contributed by atoms with Gasteiger partial charge in [0.15, 0.2) is 5.13 Å². The van der Waals surface area contributed by atoms with E-state index in [0.717, 1.165) is 39.7 Å². The van der Waals surface area contributed by atoms with Gasteiger partial charge in [-0.05, 0) is 49.6 Å². The van der Waals surface area contributed by atoms with Crippen molar-refractivity contribution in [2.75, 3.05) is 23.8 Å². The van der Waals surface area contributed by atoms with Crippen LogP contribution in [0.1, 0.15) is 18.4 Å². The summed E-state index contributed by atoms with van der Waals surface area (Å²) in [7, 11) is 0. The van der Waals surface area contributed by atoms with Crippen LogP contribution in [-0.2, 0) is 9.53 Å². The smallest absolute Gasteiger partial charge is 0.239 e. The molecule has 2 aromatic carbocycles. The molecule has 1 aliphatic heterocycles. The summed E-state index contributed by atoms with van der Waals surface area (Å²) < 4.78 is 6.90. The van der Waals surface area contributed by atoms with Crippen LogP contribution in [0.25, 0.3) is 10.2 Å². The quantitative estimate of drug-likeness (QED) is 0.553. The molecule has 0 aliphatic carbocycles. The minimum Gasteiger partial charge on any atom is -0.376 e. The molecule has 1 atom stereocenters. The predicted molar refractivity (Wildman–Crippen MR) is 113 cm³/mol. The number of carbonyl (C=O) groups is 1. The van der Waals surface area contributed by atoms with Crippen molar-refractivity contribution in [3.8, 4) is 0 Å². The summed E-state index contributed by atoms with van der Waals surface area (Å²) in [5.41, 5.74) is 2.15. The van der Waals surface area contributed by atoms with E-state index in [9.17, 15) is 4.79 Å². The zero-order valence-corrected chi connectivity index (χ0v) is 16.9. The van der Waals surface area contributed by atoms with Crippen LogP contribution in [0.3, 0.4) is 0 Å². The Morgan fingerprint density at radius 2 is 2.15 bits per heavy atom. The molecule has 3 aromatic rings. The molecule has 2 heterocycles. The third-order valence-electron chi connectivity index (χ3n) is 4.58. The second-order valence-corrected chi connectivity index (χ2v) is 8.77. The number of nitrogens with zero attached hydrogens (tertiary/aromatic N) is 2. The number of hydrogen-bond acceptors (Lipinski definition) is 5. The van der Waals surface area contributed by atoms with Crippen LogP contribution in [-0.4, -0.2) is 35.9 Å². The molecule has 1 aliphatic rings. The molecule has 4 nitrogen and oxygen atoms in total. The van der Waals surface area contributed by atoms with Crippen molar-refractivity contribution in [2.45, 2.75) is 30.8 Å². The topological polar surface area (TPSA) is 42.4 Å². The Hall–Kier alpha value is -1.89. The lowest BCUT2D eigenvalue weighted by Gasteiger charge is -2.23. The average molecular weight is 399 g/mol. The largest absolute Gasteiger partial charge is 0.376 e. The van der Waals surface area contributed by atoms with Crippen LogP contribution in [0.15, 0.2) is 53.4 Å². The van der Waals surface area contributed by atoms with Crippen molar-refractivity contribution in [1.29, 1.82) is 0 Å². The SMILES string of the molecule is Cc1ccc2nc(N(CC3CCCO3)C(=O)CSc3ccccc3)sc2c1. The van der Waals surface area contributed by atoms with Crippen LogP contribution >= 0.6 is 23.1 Å². The number of rotatable bonds is 6. The van der Waals surface area contributed by atoms with Crippen molar-refractivity contribution in [2.24, 2.45) is 0 Å². The molecule has 0 bridgehead atoms. The monoisotopic (exact) mass is 398 g/mol. The van der Waals surface area contributed by atoms with E-state index in [0.29, 0.717) is 12.3 Å². The third kappa shape index (κ3) is 4.51. The zero-order valence-electron chi connectivity index (χ0n) is 15.3. The second kappa shape index (κ2) is 8.42. The fraction of sp³-hybridized carbons (Fsp3) is 0.333. The molecule has 140 valence electrons. The lowest BCUT2D eigenvalue weighted by Crippen LogP contribution is -2.38. The lowest BCUT2D eigenvalue weighted by molar-refractivity contribution is -0.116. The summed E-state index contributed by atoms with van der Waals surface area (Å²) in [6, 6.07) is 16.2. The van der Waals surface area contributed by atoms with E-state index < -0.39 is 0 Å². The maximum absolute atomic E-state index is 13.1. The minimum atomic E-state index is 0.0788. The van der Waals surface area contributed by atoms with Crippen molar-refractivity contribution >= 4 is 44.4 Å². The number of benzene rings is 2. The van der Waals surface area contributed by atoms with Gasteiger partial charge in [-0.15, -0.1) is 11.8 Å². The Balaban J connectivity index is 1.55. The van der Waals surface area contributed by atoms with E-state index in [-0.39, 0.29) is 12.0 Å². The molecule has 1 fully saturated rings. The van der Waals surface area contributed by atoms with Gasteiger partial charge in [-0.3, -0.25) is 9.69 Å². The van der Waals surface area contributed by atoms with E-state index in [1.165, 1.54) is 5.56 Å². The van der Waals surface area contributed by atoms with Crippen LogP contribution in [0.2, 0.25) is 0 Å². The number of amides is 1. The number of hydrogen-bond donors (Lipinski definition) is 0. The highest BCUT2D eigenvalue weighted by atomic mass is 32.2. The Morgan fingerprint density at radius 3 is 2.93 bits per heavy atom. The van der Waals surface area contributed by atoms with Gasteiger partial charge in [-0.25, -0.2) is 4.98 Å². The van der Waals surface area contributed by atoms with Gasteiger partial charge in [-0.2, -0.15) is 0 Å². The molecule has 0 saturated carbocycles. The van der Waals surface area contributed by atoms with Crippen LogP contribution in [0.5, 0.6) is 0 Å². The Kier molecular flexibility index (Phi) is 5.76. The number of aryl methyl sites for hydroxylation is 1. The Labute approximate surface area is 167 Å². The molecule has 27 heavy (non-hydrogen) atoms. The first-order valence-corrected chi connectivity index (χ1v) is 11.0. The molecule has 4 rings (SSSR count). The standard InChI is InChI=1S/C21H22N2O2S2/c1-15-9-10-18-19(12-15)27-21(22-18)23(13-16-6-5-11-25-16)20(24)14-26-17-7-3-2-4-8-17/h2-4,7-10,12,16H,5-6,11,13-14H2,1H3. The summed E-state index contributed by atoms with van der Waals surface area (Å²) >= 11 is 3.15. The predicted octanol–water partition coefficient (Wildman–Crippen LogP) is 4.91. The number of thiazole rings is 1. The van der Waals surface area contributed by atoms with Gasteiger partial charge in [0.25, 0.3) is 0 Å². The molecular formula is C21H22N2O2S2. The Morgan fingerprint density at radius 1 is 1.30 bits per heavy atom. The van der Waals surface area contributed by atoms with Crippen LogP contribution < -0.4 is 4.90 Å². The van der Waals surface area contributed by atoms with E-state index in [1.54, 1.807) is 23.1 Å². The maximum Gasteiger partial charge on any atom is 0.239 e. The molecule has 1 amide bonds. The minimum absolute atomic E-state index is 0.0788. The van der Waals surface area contributed by atoms with E-state index in [2.05, 4.69) is 19.1 Å². The van der Waals surface area contributed by atoms with Gasteiger partial charge < -0.3 is 4.74 Å². The number of ether oxygens (including phenoxy) is 1. The molecule has 0 radical (unpaired) electrons. The molecule has 0 spiro atoms. The van der Waals surface area contributed by atoms with Gasteiger partial charge in [0.1, 0.15) is 0 Å². The first kappa shape index (κ1) is 18.5. The molecular weight excluding hydrogens is 376 g/mol. The van der Waals surface area contributed by atoms with Crippen molar-refractivity contribution in [1.82, 2.24) is 4.98 Å². The summed E-state index contributed by atoms with van der Waals surface area (Å²) in [4.78, 5) is 20.7. The van der Waals surface area contributed by atoms with Gasteiger partial charge in [-0.1, -0.05) is 35.6 Å². The normalized spacial score (nSPS) is 16.7. The van der Waals surface area contributed by atoms with E-state index >= 15 is 0 Å².